The molecule has 1 fully saturated rings. The van der Waals surface area contributed by atoms with Crippen molar-refractivity contribution < 1.29 is 0 Å². The van der Waals surface area contributed by atoms with Gasteiger partial charge in [0.15, 0.2) is 0 Å². The number of benzene rings is 1. The quantitative estimate of drug-likeness (QED) is 0.817. The first-order chi connectivity index (χ1) is 7.66. The molecule has 1 aromatic carbocycles. The minimum Gasteiger partial charge on any atom is -0.324 e. The summed E-state index contributed by atoms with van der Waals surface area (Å²) in [5, 5.41) is 3.39. The molecule has 1 heterocycles. The van der Waals surface area contributed by atoms with Crippen LogP contribution in [0, 0.1) is 19.8 Å². The molecule has 2 heteroatoms. The Bertz CT molecular complexity index is 354. The van der Waals surface area contributed by atoms with E-state index in [2.05, 4.69) is 37.4 Å². The summed E-state index contributed by atoms with van der Waals surface area (Å²) < 4.78 is 0. The molecule has 0 bridgehead atoms. The average Bonchev–Trinajstić information content (AvgIpc) is 2.74. The van der Waals surface area contributed by atoms with Crippen LogP contribution in [0.1, 0.15) is 35.6 Å². The Kier molecular flexibility index (Phi) is 3.62. The fourth-order valence-electron chi connectivity index (χ4n) is 2.41. The van der Waals surface area contributed by atoms with E-state index in [-0.39, 0.29) is 6.04 Å². The van der Waals surface area contributed by atoms with Crippen LogP contribution in [0.4, 0.5) is 0 Å². The van der Waals surface area contributed by atoms with Gasteiger partial charge in [-0.05, 0) is 62.4 Å². The highest BCUT2D eigenvalue weighted by atomic mass is 14.9. The molecule has 2 unspecified atom stereocenters. The monoisotopic (exact) mass is 218 g/mol. The molecule has 1 aliphatic rings. The van der Waals surface area contributed by atoms with Gasteiger partial charge in [-0.3, -0.25) is 0 Å². The third-order valence-corrected chi connectivity index (χ3v) is 3.71. The summed E-state index contributed by atoms with van der Waals surface area (Å²) in [7, 11) is 0. The fraction of sp³-hybridized carbons (Fsp3) is 0.571. The molecule has 0 aliphatic carbocycles. The van der Waals surface area contributed by atoms with Gasteiger partial charge in [-0.2, -0.15) is 0 Å². The summed E-state index contributed by atoms with van der Waals surface area (Å²) in [6.45, 7) is 6.59. The number of aryl methyl sites for hydroxylation is 2. The zero-order valence-electron chi connectivity index (χ0n) is 10.3. The highest BCUT2D eigenvalue weighted by molar-refractivity contribution is 5.31. The van der Waals surface area contributed by atoms with E-state index in [4.69, 9.17) is 5.73 Å². The van der Waals surface area contributed by atoms with Crippen LogP contribution in [0.3, 0.4) is 0 Å². The molecule has 0 spiro atoms. The van der Waals surface area contributed by atoms with E-state index in [1.807, 2.05) is 0 Å². The number of hydrogen-bond acceptors (Lipinski definition) is 2. The van der Waals surface area contributed by atoms with Crippen LogP contribution in [0.25, 0.3) is 0 Å². The van der Waals surface area contributed by atoms with Gasteiger partial charge < -0.3 is 11.1 Å². The molecular formula is C14H22N2. The average molecular weight is 218 g/mol. The Morgan fingerprint density at radius 2 is 2.19 bits per heavy atom. The first-order valence-electron chi connectivity index (χ1n) is 6.20. The normalized spacial score (nSPS) is 22.3. The molecule has 0 saturated carbocycles. The minimum atomic E-state index is 0.198. The van der Waals surface area contributed by atoms with Gasteiger partial charge in [-0.25, -0.2) is 0 Å². The zero-order valence-corrected chi connectivity index (χ0v) is 10.3. The lowest BCUT2D eigenvalue weighted by molar-refractivity contribution is 0.473. The molecule has 16 heavy (non-hydrogen) atoms. The van der Waals surface area contributed by atoms with Crippen molar-refractivity contribution in [2.24, 2.45) is 11.7 Å². The zero-order chi connectivity index (χ0) is 11.5. The summed E-state index contributed by atoms with van der Waals surface area (Å²) in [4.78, 5) is 0. The molecule has 0 radical (unpaired) electrons. The number of nitrogens with two attached hydrogens (primary N) is 1. The molecule has 0 aromatic heterocycles. The second-order valence-corrected chi connectivity index (χ2v) is 5.04. The fourth-order valence-corrected chi connectivity index (χ4v) is 2.41. The van der Waals surface area contributed by atoms with Gasteiger partial charge in [-0.1, -0.05) is 18.2 Å². The maximum atomic E-state index is 6.27. The van der Waals surface area contributed by atoms with E-state index < -0.39 is 0 Å². The van der Waals surface area contributed by atoms with E-state index in [0.717, 1.165) is 25.4 Å². The molecule has 1 saturated heterocycles. The van der Waals surface area contributed by atoms with Gasteiger partial charge in [0.25, 0.3) is 0 Å². The van der Waals surface area contributed by atoms with Crippen molar-refractivity contribution in [2.45, 2.75) is 32.7 Å². The predicted octanol–water partition coefficient (Wildman–Crippen LogP) is 2.30. The van der Waals surface area contributed by atoms with E-state index >= 15 is 0 Å². The summed E-state index contributed by atoms with van der Waals surface area (Å²) in [6, 6.07) is 6.79. The van der Waals surface area contributed by atoms with Crippen molar-refractivity contribution in [3.05, 3.63) is 34.9 Å². The molecular weight excluding hydrogens is 196 g/mol. The van der Waals surface area contributed by atoms with E-state index in [0.29, 0.717) is 0 Å². The molecule has 1 aliphatic heterocycles. The highest BCUT2D eigenvalue weighted by Gasteiger charge is 2.18. The summed E-state index contributed by atoms with van der Waals surface area (Å²) in [5.74, 6) is 0.761. The molecule has 0 amide bonds. The van der Waals surface area contributed by atoms with Crippen LogP contribution in [-0.2, 0) is 0 Å². The van der Waals surface area contributed by atoms with Crippen LogP contribution in [0.5, 0.6) is 0 Å². The van der Waals surface area contributed by atoms with Crippen molar-refractivity contribution in [1.29, 1.82) is 0 Å². The Morgan fingerprint density at radius 3 is 2.81 bits per heavy atom. The molecule has 2 nitrogen and oxygen atoms in total. The number of nitrogens with one attached hydrogen (secondary N) is 1. The second-order valence-electron chi connectivity index (χ2n) is 5.04. The minimum absolute atomic E-state index is 0.198. The second kappa shape index (κ2) is 4.98. The van der Waals surface area contributed by atoms with Gasteiger partial charge >= 0.3 is 0 Å². The molecule has 2 rings (SSSR count). The van der Waals surface area contributed by atoms with Gasteiger partial charge in [0, 0.05) is 6.04 Å². The Morgan fingerprint density at radius 1 is 1.38 bits per heavy atom. The van der Waals surface area contributed by atoms with E-state index in [1.165, 1.54) is 23.1 Å². The first-order valence-corrected chi connectivity index (χ1v) is 6.20. The molecule has 88 valence electrons. The summed E-state index contributed by atoms with van der Waals surface area (Å²) >= 11 is 0. The van der Waals surface area contributed by atoms with Gasteiger partial charge in [-0.15, -0.1) is 0 Å². The Balaban J connectivity index is 2.02. The van der Waals surface area contributed by atoms with Crippen molar-refractivity contribution in [2.75, 3.05) is 13.1 Å². The first kappa shape index (κ1) is 11.6. The van der Waals surface area contributed by atoms with E-state index in [1.54, 1.807) is 0 Å². The van der Waals surface area contributed by atoms with Crippen LogP contribution >= 0.6 is 0 Å². The van der Waals surface area contributed by atoms with Gasteiger partial charge in [0.2, 0.25) is 0 Å². The third-order valence-electron chi connectivity index (χ3n) is 3.71. The predicted molar refractivity (Wildman–Crippen MR) is 68.4 cm³/mol. The molecule has 1 aromatic rings. The summed E-state index contributed by atoms with van der Waals surface area (Å²) in [6.07, 6.45) is 2.38. The van der Waals surface area contributed by atoms with Crippen molar-refractivity contribution >= 4 is 0 Å². The number of hydrogen-bond donors (Lipinski definition) is 2. The SMILES string of the molecule is Cc1ccc(C(N)CC2CCNC2)cc1C. The van der Waals surface area contributed by atoms with Gasteiger partial charge in [0.1, 0.15) is 0 Å². The lowest BCUT2D eigenvalue weighted by atomic mass is 9.93. The Hall–Kier alpha value is -0.860. The largest absolute Gasteiger partial charge is 0.324 e. The van der Waals surface area contributed by atoms with Crippen molar-refractivity contribution in [1.82, 2.24) is 5.32 Å². The van der Waals surface area contributed by atoms with E-state index in [9.17, 15) is 0 Å². The van der Waals surface area contributed by atoms with Crippen LogP contribution in [0.2, 0.25) is 0 Å². The standard InChI is InChI=1S/C14H22N2/c1-10-3-4-13(7-11(10)2)14(15)8-12-5-6-16-9-12/h3-4,7,12,14,16H,5-6,8-9,15H2,1-2H3. The van der Waals surface area contributed by atoms with Gasteiger partial charge in [0.05, 0.1) is 0 Å². The lowest BCUT2D eigenvalue weighted by Crippen LogP contribution is -2.17. The Labute approximate surface area is 98.2 Å². The van der Waals surface area contributed by atoms with Crippen LogP contribution < -0.4 is 11.1 Å². The molecule has 3 N–H and O–H groups in total. The third kappa shape index (κ3) is 2.63. The highest BCUT2D eigenvalue weighted by Crippen LogP contribution is 2.24. The van der Waals surface area contributed by atoms with Crippen molar-refractivity contribution in [3.63, 3.8) is 0 Å². The lowest BCUT2D eigenvalue weighted by Gasteiger charge is -2.17. The summed E-state index contributed by atoms with van der Waals surface area (Å²) in [5.41, 5.74) is 10.2. The smallest absolute Gasteiger partial charge is 0.0298 e. The maximum Gasteiger partial charge on any atom is 0.0298 e. The maximum absolute atomic E-state index is 6.27. The van der Waals surface area contributed by atoms with Crippen LogP contribution in [0.15, 0.2) is 18.2 Å². The van der Waals surface area contributed by atoms with Crippen LogP contribution in [-0.4, -0.2) is 13.1 Å². The molecule has 2 atom stereocenters. The number of rotatable bonds is 3. The topological polar surface area (TPSA) is 38.0 Å². The van der Waals surface area contributed by atoms with Crippen molar-refractivity contribution in [3.8, 4) is 0 Å².